The maximum Gasteiger partial charge on any atom is 0.255 e. The summed E-state index contributed by atoms with van der Waals surface area (Å²) in [5.74, 6) is 0.569. The molecule has 0 atom stereocenters. The quantitative estimate of drug-likeness (QED) is 0.856. The number of aromatic nitrogens is 1. The number of nitrogens with one attached hydrogen (secondary N) is 2. The van der Waals surface area contributed by atoms with E-state index in [0.29, 0.717) is 17.9 Å². The third-order valence-corrected chi connectivity index (χ3v) is 2.98. The third kappa shape index (κ3) is 2.35. The number of hydrogen-bond acceptors (Lipinski definition) is 3. The van der Waals surface area contributed by atoms with Gasteiger partial charge in [0.15, 0.2) is 0 Å². The van der Waals surface area contributed by atoms with E-state index in [-0.39, 0.29) is 11.5 Å². The second-order valence-electron chi connectivity index (χ2n) is 4.32. The van der Waals surface area contributed by atoms with Crippen molar-refractivity contribution in [3.8, 4) is 5.75 Å². The monoisotopic (exact) mass is 256 g/mol. The summed E-state index contributed by atoms with van der Waals surface area (Å²) in [4.78, 5) is 25.6. The highest BCUT2D eigenvalue weighted by molar-refractivity contribution is 6.04. The predicted molar refractivity (Wildman–Crippen MR) is 70.7 cm³/mol. The fourth-order valence-corrected chi connectivity index (χ4v) is 2.05. The number of amides is 1. The molecule has 0 bridgehead atoms. The molecular weight excluding hydrogens is 244 g/mol. The van der Waals surface area contributed by atoms with Crippen LogP contribution < -0.4 is 15.6 Å². The topological polar surface area (TPSA) is 71.2 Å². The molecule has 0 radical (unpaired) electrons. The van der Waals surface area contributed by atoms with Crippen LogP contribution in [0, 0.1) is 0 Å². The van der Waals surface area contributed by atoms with Crippen molar-refractivity contribution >= 4 is 11.6 Å². The van der Waals surface area contributed by atoms with Gasteiger partial charge in [0.05, 0.1) is 6.61 Å². The summed E-state index contributed by atoms with van der Waals surface area (Å²) >= 11 is 0. The molecule has 0 saturated carbocycles. The highest BCUT2D eigenvalue weighted by Crippen LogP contribution is 2.27. The van der Waals surface area contributed by atoms with Gasteiger partial charge in [-0.25, -0.2) is 0 Å². The molecule has 3 rings (SSSR count). The zero-order valence-electron chi connectivity index (χ0n) is 10.1. The van der Waals surface area contributed by atoms with Crippen molar-refractivity contribution in [2.45, 2.75) is 6.42 Å². The van der Waals surface area contributed by atoms with Gasteiger partial charge in [0.1, 0.15) is 5.75 Å². The summed E-state index contributed by atoms with van der Waals surface area (Å²) in [6.07, 6.45) is 2.30. The molecule has 0 saturated heterocycles. The number of ether oxygens (including phenoxy) is 1. The Kier molecular flexibility index (Phi) is 2.79. The second kappa shape index (κ2) is 4.61. The molecule has 1 amide bonds. The molecular formula is C14H12N2O3. The molecule has 1 aromatic carbocycles. The molecule has 2 aromatic rings. The Morgan fingerprint density at radius 1 is 1.26 bits per heavy atom. The summed E-state index contributed by atoms with van der Waals surface area (Å²) in [7, 11) is 0. The number of H-pyrrole nitrogens is 1. The first-order chi connectivity index (χ1) is 9.22. The SMILES string of the molecule is O=C(Nc1ccc2c(c1)CCO2)c1cc[nH]c(=O)c1. The average Bonchev–Trinajstić information content (AvgIpc) is 2.86. The lowest BCUT2D eigenvalue weighted by molar-refractivity contribution is 0.102. The number of carbonyl (C=O) groups is 1. The first-order valence-electron chi connectivity index (χ1n) is 5.98. The van der Waals surface area contributed by atoms with Crippen LogP contribution in [0.3, 0.4) is 0 Å². The highest BCUT2D eigenvalue weighted by Gasteiger charge is 2.13. The molecule has 1 aromatic heterocycles. The fraction of sp³-hybridized carbons (Fsp3) is 0.143. The molecule has 2 heterocycles. The Bertz CT molecular complexity index is 691. The fourth-order valence-electron chi connectivity index (χ4n) is 2.05. The Morgan fingerprint density at radius 2 is 2.16 bits per heavy atom. The van der Waals surface area contributed by atoms with Gasteiger partial charge in [0.2, 0.25) is 5.56 Å². The third-order valence-electron chi connectivity index (χ3n) is 2.98. The van der Waals surface area contributed by atoms with Gasteiger partial charge in [0, 0.05) is 29.9 Å². The first kappa shape index (κ1) is 11.5. The summed E-state index contributed by atoms with van der Waals surface area (Å²) in [5.41, 5.74) is 1.83. The molecule has 5 heteroatoms. The van der Waals surface area contributed by atoms with Gasteiger partial charge < -0.3 is 15.0 Å². The van der Waals surface area contributed by atoms with E-state index >= 15 is 0 Å². The molecule has 1 aliphatic heterocycles. The van der Waals surface area contributed by atoms with Crippen LogP contribution in [0.4, 0.5) is 5.69 Å². The van der Waals surface area contributed by atoms with E-state index in [1.165, 1.54) is 12.3 Å². The van der Waals surface area contributed by atoms with Gasteiger partial charge in [-0.1, -0.05) is 0 Å². The van der Waals surface area contributed by atoms with Gasteiger partial charge in [-0.3, -0.25) is 9.59 Å². The highest BCUT2D eigenvalue weighted by atomic mass is 16.5. The molecule has 0 unspecified atom stereocenters. The zero-order valence-corrected chi connectivity index (χ0v) is 10.1. The average molecular weight is 256 g/mol. The van der Waals surface area contributed by atoms with Gasteiger partial charge in [-0.2, -0.15) is 0 Å². The van der Waals surface area contributed by atoms with Crippen molar-refractivity contribution < 1.29 is 9.53 Å². The van der Waals surface area contributed by atoms with E-state index in [4.69, 9.17) is 4.74 Å². The lowest BCUT2D eigenvalue weighted by Gasteiger charge is -2.06. The number of benzene rings is 1. The van der Waals surface area contributed by atoms with Gasteiger partial charge in [0.25, 0.3) is 5.91 Å². The summed E-state index contributed by atoms with van der Waals surface area (Å²) < 4.78 is 5.40. The number of rotatable bonds is 2. The molecule has 2 N–H and O–H groups in total. The number of fused-ring (bicyclic) bond motifs is 1. The Labute approximate surface area is 109 Å². The smallest absolute Gasteiger partial charge is 0.255 e. The van der Waals surface area contributed by atoms with Crippen LogP contribution in [0.15, 0.2) is 41.3 Å². The Morgan fingerprint density at radius 3 is 3.00 bits per heavy atom. The Hall–Kier alpha value is -2.56. The van der Waals surface area contributed by atoms with Crippen LogP contribution in [0.1, 0.15) is 15.9 Å². The van der Waals surface area contributed by atoms with Crippen molar-refractivity contribution in [3.05, 3.63) is 58.0 Å². The minimum absolute atomic E-state index is 0.296. The molecule has 19 heavy (non-hydrogen) atoms. The lowest BCUT2D eigenvalue weighted by Crippen LogP contribution is -2.15. The number of aromatic amines is 1. The van der Waals surface area contributed by atoms with Crippen LogP contribution in [0.5, 0.6) is 5.75 Å². The lowest BCUT2D eigenvalue weighted by atomic mass is 10.1. The number of anilines is 1. The van der Waals surface area contributed by atoms with Crippen molar-refractivity contribution in [2.75, 3.05) is 11.9 Å². The van der Waals surface area contributed by atoms with Crippen LogP contribution >= 0.6 is 0 Å². The van der Waals surface area contributed by atoms with E-state index in [1.54, 1.807) is 12.1 Å². The van der Waals surface area contributed by atoms with Gasteiger partial charge >= 0.3 is 0 Å². The maximum absolute atomic E-state index is 12.0. The van der Waals surface area contributed by atoms with Crippen molar-refractivity contribution in [3.63, 3.8) is 0 Å². The van der Waals surface area contributed by atoms with E-state index in [9.17, 15) is 9.59 Å². The van der Waals surface area contributed by atoms with E-state index in [0.717, 1.165) is 17.7 Å². The second-order valence-corrected chi connectivity index (χ2v) is 4.32. The number of carbonyl (C=O) groups excluding carboxylic acids is 1. The van der Waals surface area contributed by atoms with Crippen LogP contribution in [-0.2, 0) is 6.42 Å². The maximum atomic E-state index is 12.0. The summed E-state index contributed by atoms with van der Waals surface area (Å²) in [6, 6.07) is 8.36. The number of hydrogen-bond donors (Lipinski definition) is 2. The van der Waals surface area contributed by atoms with Crippen LogP contribution in [-0.4, -0.2) is 17.5 Å². The normalized spacial score (nSPS) is 12.6. The molecule has 0 aliphatic carbocycles. The minimum Gasteiger partial charge on any atom is -0.493 e. The van der Waals surface area contributed by atoms with Crippen molar-refractivity contribution in [1.82, 2.24) is 4.98 Å². The standard InChI is InChI=1S/C14H12N2O3/c17-13-8-10(3-5-15-13)14(18)16-11-1-2-12-9(7-11)4-6-19-12/h1-3,5,7-8H,4,6H2,(H,15,17)(H,16,18). The molecule has 0 fully saturated rings. The Balaban J connectivity index is 1.82. The minimum atomic E-state index is -0.301. The zero-order chi connectivity index (χ0) is 13.2. The molecule has 96 valence electrons. The number of pyridine rings is 1. The first-order valence-corrected chi connectivity index (χ1v) is 5.98. The van der Waals surface area contributed by atoms with E-state index < -0.39 is 0 Å². The molecule has 1 aliphatic rings. The van der Waals surface area contributed by atoms with Crippen molar-refractivity contribution in [2.24, 2.45) is 0 Å². The van der Waals surface area contributed by atoms with E-state index in [1.807, 2.05) is 12.1 Å². The van der Waals surface area contributed by atoms with Crippen LogP contribution in [0.25, 0.3) is 0 Å². The van der Waals surface area contributed by atoms with E-state index in [2.05, 4.69) is 10.3 Å². The molecule has 5 nitrogen and oxygen atoms in total. The van der Waals surface area contributed by atoms with Crippen LogP contribution in [0.2, 0.25) is 0 Å². The van der Waals surface area contributed by atoms with Crippen molar-refractivity contribution in [1.29, 1.82) is 0 Å². The largest absolute Gasteiger partial charge is 0.493 e. The predicted octanol–water partition coefficient (Wildman–Crippen LogP) is 1.56. The molecule has 0 spiro atoms. The summed E-state index contributed by atoms with van der Waals surface area (Å²) in [5, 5.41) is 2.77. The van der Waals surface area contributed by atoms with Gasteiger partial charge in [-0.05, 0) is 29.8 Å². The summed E-state index contributed by atoms with van der Waals surface area (Å²) in [6.45, 7) is 0.681. The van der Waals surface area contributed by atoms with Gasteiger partial charge in [-0.15, -0.1) is 0 Å².